The van der Waals surface area contributed by atoms with E-state index in [4.69, 9.17) is 0 Å². The fraction of sp³-hybridized carbons (Fsp3) is 0.444. The molecule has 1 aliphatic rings. The predicted molar refractivity (Wildman–Crippen MR) is 117 cm³/mol. The number of hydrogen-bond donors (Lipinski definition) is 1. The number of thiazole rings is 1. The van der Waals surface area contributed by atoms with Gasteiger partial charge in [0, 0.05) is 44.3 Å². The topological polar surface area (TPSA) is 43.8 Å². The molecule has 7 heteroatoms. The number of guanidine groups is 1. The molecule has 0 saturated carbocycles. The van der Waals surface area contributed by atoms with Crippen molar-refractivity contribution in [3.05, 3.63) is 46.4 Å². The summed E-state index contributed by atoms with van der Waals surface area (Å²) in [5, 5.41) is 6.77. The lowest BCUT2D eigenvalue weighted by molar-refractivity contribution is 0.372. The molecular weight excluding hydrogens is 445 g/mol. The molecule has 0 radical (unpaired) electrons. The van der Waals surface area contributed by atoms with E-state index < -0.39 is 0 Å². The van der Waals surface area contributed by atoms with E-state index >= 15 is 0 Å². The molecule has 1 N–H and O–H groups in total. The standard InChI is InChI=1S/C18H25N5S.HI/c1-3-17-21-15(14-24-17)13-20-18(19-2)23-11-9-22(10-12-23)16-7-5-4-6-8-16;/h4-8,14H,3,9-13H2,1-2H3,(H,19,20);1H. The summed E-state index contributed by atoms with van der Waals surface area (Å²) < 4.78 is 0. The van der Waals surface area contributed by atoms with Crippen LogP contribution in [0.25, 0.3) is 0 Å². The average Bonchev–Trinajstić information content (AvgIpc) is 3.12. The van der Waals surface area contributed by atoms with Crippen LogP contribution < -0.4 is 10.2 Å². The maximum atomic E-state index is 4.61. The van der Waals surface area contributed by atoms with Crippen LogP contribution in [0.4, 0.5) is 5.69 Å². The third-order valence-electron chi connectivity index (χ3n) is 4.24. The Bertz CT molecular complexity index is 665. The van der Waals surface area contributed by atoms with Gasteiger partial charge in [-0.15, -0.1) is 35.3 Å². The first-order chi connectivity index (χ1) is 11.8. The Balaban J connectivity index is 0.00000225. The van der Waals surface area contributed by atoms with Gasteiger partial charge in [0.1, 0.15) is 0 Å². The molecule has 2 heterocycles. The number of hydrogen-bond acceptors (Lipinski definition) is 4. The van der Waals surface area contributed by atoms with E-state index in [1.807, 2.05) is 7.05 Å². The number of nitrogens with zero attached hydrogens (tertiary/aromatic N) is 4. The summed E-state index contributed by atoms with van der Waals surface area (Å²) in [7, 11) is 1.85. The zero-order chi connectivity index (χ0) is 16.8. The molecule has 0 bridgehead atoms. The van der Waals surface area contributed by atoms with Crippen LogP contribution in [-0.4, -0.2) is 49.1 Å². The van der Waals surface area contributed by atoms with Gasteiger partial charge in [0.25, 0.3) is 0 Å². The molecule has 25 heavy (non-hydrogen) atoms. The summed E-state index contributed by atoms with van der Waals surface area (Å²) in [6.07, 6.45) is 1.00. The zero-order valence-electron chi connectivity index (χ0n) is 14.8. The second-order valence-electron chi connectivity index (χ2n) is 5.80. The third-order valence-corrected chi connectivity index (χ3v) is 5.28. The summed E-state index contributed by atoms with van der Waals surface area (Å²) >= 11 is 1.73. The van der Waals surface area contributed by atoms with Crippen LogP contribution in [0, 0.1) is 0 Å². The molecule has 1 saturated heterocycles. The number of benzene rings is 1. The maximum Gasteiger partial charge on any atom is 0.194 e. The Morgan fingerprint density at radius 1 is 1.20 bits per heavy atom. The molecule has 1 fully saturated rings. The van der Waals surface area contributed by atoms with Crippen molar-refractivity contribution in [2.24, 2.45) is 4.99 Å². The number of aromatic nitrogens is 1. The van der Waals surface area contributed by atoms with Crippen molar-refractivity contribution in [1.29, 1.82) is 0 Å². The van der Waals surface area contributed by atoms with Crippen LogP contribution in [-0.2, 0) is 13.0 Å². The number of aryl methyl sites for hydroxylation is 1. The van der Waals surface area contributed by atoms with Gasteiger partial charge in [-0.2, -0.15) is 0 Å². The summed E-state index contributed by atoms with van der Waals surface area (Å²) in [5.74, 6) is 0.966. The lowest BCUT2D eigenvalue weighted by Crippen LogP contribution is -2.52. The van der Waals surface area contributed by atoms with Gasteiger partial charge in [-0.3, -0.25) is 4.99 Å². The van der Waals surface area contributed by atoms with Gasteiger partial charge in [-0.1, -0.05) is 25.1 Å². The number of nitrogens with one attached hydrogen (secondary N) is 1. The first-order valence-electron chi connectivity index (χ1n) is 8.49. The minimum atomic E-state index is 0. The van der Waals surface area contributed by atoms with Gasteiger partial charge in [0.2, 0.25) is 0 Å². The molecule has 2 aromatic rings. The summed E-state index contributed by atoms with van der Waals surface area (Å²) in [4.78, 5) is 13.8. The number of rotatable bonds is 4. The highest BCUT2D eigenvalue weighted by Gasteiger charge is 2.19. The normalized spacial score (nSPS) is 15.0. The van der Waals surface area contributed by atoms with Gasteiger partial charge in [-0.05, 0) is 18.6 Å². The first-order valence-corrected chi connectivity index (χ1v) is 9.37. The molecule has 5 nitrogen and oxygen atoms in total. The fourth-order valence-electron chi connectivity index (χ4n) is 2.91. The number of aliphatic imine (C=N–C) groups is 1. The average molecular weight is 471 g/mol. The molecule has 1 aromatic heterocycles. The van der Waals surface area contributed by atoms with Crippen molar-refractivity contribution in [1.82, 2.24) is 15.2 Å². The SMILES string of the molecule is CCc1nc(CNC(=NC)N2CCN(c3ccccc3)CC2)cs1.I. The van der Waals surface area contributed by atoms with E-state index in [0.29, 0.717) is 0 Å². The van der Waals surface area contributed by atoms with Gasteiger partial charge < -0.3 is 15.1 Å². The van der Waals surface area contributed by atoms with E-state index in [1.54, 1.807) is 11.3 Å². The largest absolute Gasteiger partial charge is 0.368 e. The molecule has 1 aromatic carbocycles. The zero-order valence-corrected chi connectivity index (χ0v) is 18.0. The molecule has 0 unspecified atom stereocenters. The Kier molecular flexibility index (Phi) is 7.95. The van der Waals surface area contributed by atoms with Gasteiger partial charge >= 0.3 is 0 Å². The van der Waals surface area contributed by atoms with Crippen LogP contribution >= 0.6 is 35.3 Å². The maximum absolute atomic E-state index is 4.61. The van der Waals surface area contributed by atoms with Gasteiger partial charge in [-0.25, -0.2) is 4.98 Å². The molecule has 1 aliphatic heterocycles. The Morgan fingerprint density at radius 2 is 1.92 bits per heavy atom. The summed E-state index contributed by atoms with van der Waals surface area (Å²) in [6.45, 7) is 6.86. The van der Waals surface area contributed by atoms with E-state index in [2.05, 4.69) is 67.7 Å². The number of piperazine rings is 1. The monoisotopic (exact) mass is 471 g/mol. The molecule has 0 aliphatic carbocycles. The lowest BCUT2D eigenvalue weighted by Gasteiger charge is -2.37. The van der Waals surface area contributed by atoms with E-state index in [0.717, 1.165) is 50.8 Å². The molecule has 0 atom stereocenters. The van der Waals surface area contributed by atoms with Crippen molar-refractivity contribution in [3.8, 4) is 0 Å². The molecule has 3 rings (SSSR count). The quantitative estimate of drug-likeness (QED) is 0.423. The van der Waals surface area contributed by atoms with Gasteiger partial charge in [0.05, 0.1) is 17.2 Å². The van der Waals surface area contributed by atoms with Crippen LogP contribution in [0.3, 0.4) is 0 Å². The van der Waals surface area contributed by atoms with Crippen LogP contribution in [0.15, 0.2) is 40.7 Å². The minimum Gasteiger partial charge on any atom is -0.368 e. The Labute approximate surface area is 171 Å². The Morgan fingerprint density at radius 3 is 2.52 bits per heavy atom. The summed E-state index contributed by atoms with van der Waals surface area (Å²) in [5.41, 5.74) is 2.40. The fourth-order valence-corrected chi connectivity index (χ4v) is 3.65. The first kappa shape index (κ1) is 20.0. The number of para-hydroxylation sites is 1. The van der Waals surface area contributed by atoms with Crippen molar-refractivity contribution in [3.63, 3.8) is 0 Å². The lowest BCUT2D eigenvalue weighted by atomic mass is 10.2. The highest BCUT2D eigenvalue weighted by molar-refractivity contribution is 14.0. The summed E-state index contributed by atoms with van der Waals surface area (Å²) in [6, 6.07) is 10.6. The number of anilines is 1. The predicted octanol–water partition coefficient (Wildman–Crippen LogP) is 3.22. The van der Waals surface area contributed by atoms with Crippen molar-refractivity contribution in [2.75, 3.05) is 38.1 Å². The third kappa shape index (κ3) is 5.31. The van der Waals surface area contributed by atoms with Crippen molar-refractivity contribution < 1.29 is 0 Å². The van der Waals surface area contributed by atoms with Crippen molar-refractivity contribution >= 4 is 47.0 Å². The van der Waals surface area contributed by atoms with Crippen molar-refractivity contribution in [2.45, 2.75) is 19.9 Å². The van der Waals surface area contributed by atoms with Gasteiger partial charge in [0.15, 0.2) is 5.96 Å². The molecular formula is C18H26IN5S. The van der Waals surface area contributed by atoms with E-state index in [-0.39, 0.29) is 24.0 Å². The smallest absolute Gasteiger partial charge is 0.194 e. The van der Waals surface area contributed by atoms with E-state index in [1.165, 1.54) is 10.7 Å². The highest BCUT2D eigenvalue weighted by Crippen LogP contribution is 2.15. The van der Waals surface area contributed by atoms with E-state index in [9.17, 15) is 0 Å². The second kappa shape index (κ2) is 9.96. The van der Waals surface area contributed by atoms with Crippen LogP contribution in [0.2, 0.25) is 0 Å². The molecule has 0 amide bonds. The molecule has 136 valence electrons. The highest BCUT2D eigenvalue weighted by atomic mass is 127. The minimum absolute atomic E-state index is 0. The second-order valence-corrected chi connectivity index (χ2v) is 6.74. The number of halogens is 1. The molecule has 0 spiro atoms. The van der Waals surface area contributed by atoms with Crippen LogP contribution in [0.1, 0.15) is 17.6 Å². The Hall–Kier alpha value is -1.35. The van der Waals surface area contributed by atoms with Crippen LogP contribution in [0.5, 0.6) is 0 Å².